The molecule has 2 aromatic carbocycles. The van der Waals surface area contributed by atoms with E-state index in [-0.39, 0.29) is 12.5 Å². The number of hydrogen-bond acceptors (Lipinski definition) is 5. The second-order valence-corrected chi connectivity index (χ2v) is 7.43. The lowest BCUT2D eigenvalue weighted by atomic mass is 10.2. The van der Waals surface area contributed by atoms with Crippen LogP contribution in [0.1, 0.15) is 5.56 Å². The van der Waals surface area contributed by atoms with Gasteiger partial charge in [-0.25, -0.2) is 4.98 Å². The first-order chi connectivity index (χ1) is 12.2. The minimum Gasteiger partial charge on any atom is -0.484 e. The first-order valence-corrected chi connectivity index (χ1v) is 9.79. The van der Waals surface area contributed by atoms with Crippen LogP contribution in [0.15, 0.2) is 58.9 Å². The summed E-state index contributed by atoms with van der Waals surface area (Å²) in [7, 11) is 0. The summed E-state index contributed by atoms with van der Waals surface area (Å²) < 4.78 is 6.48. The number of nitrogens with zero attached hydrogens (tertiary/aromatic N) is 1. The topological polar surface area (TPSA) is 51.2 Å². The van der Waals surface area contributed by atoms with Crippen molar-refractivity contribution in [2.75, 3.05) is 18.2 Å². The number of thioether (sulfide) groups is 1. The number of thiazole rings is 1. The Hall–Kier alpha value is -2.31. The maximum Gasteiger partial charge on any atom is 0.262 e. The Morgan fingerprint density at radius 2 is 2.00 bits per heavy atom. The summed E-state index contributed by atoms with van der Waals surface area (Å²) in [6, 6.07) is 17.5. The highest BCUT2D eigenvalue weighted by Gasteiger charge is 2.15. The smallest absolute Gasteiger partial charge is 0.262 e. The standard InChI is InChI=1S/C19H18N2O2S2/c1-13-7-6-10-15(11-13)23-12-16(22)20-18-17(21-19(24-2)25-18)14-8-4-3-5-9-14/h3-11H,12H2,1-2H3,(H,20,22). The van der Waals surface area contributed by atoms with E-state index in [9.17, 15) is 4.79 Å². The zero-order valence-corrected chi connectivity index (χ0v) is 15.6. The van der Waals surface area contributed by atoms with Crippen LogP contribution in [0, 0.1) is 6.92 Å². The Morgan fingerprint density at radius 3 is 2.72 bits per heavy atom. The average molecular weight is 370 g/mol. The number of aryl methyl sites for hydroxylation is 1. The number of hydrogen-bond donors (Lipinski definition) is 1. The molecule has 1 heterocycles. The molecule has 0 bridgehead atoms. The minimum atomic E-state index is -0.199. The van der Waals surface area contributed by atoms with E-state index in [2.05, 4.69) is 10.3 Å². The molecular weight excluding hydrogens is 352 g/mol. The lowest BCUT2D eigenvalue weighted by Gasteiger charge is -2.08. The van der Waals surface area contributed by atoms with Crippen molar-refractivity contribution >= 4 is 34.0 Å². The van der Waals surface area contributed by atoms with Gasteiger partial charge in [0.1, 0.15) is 16.4 Å². The summed E-state index contributed by atoms with van der Waals surface area (Å²) in [4.78, 5) is 16.9. The molecule has 6 heteroatoms. The molecule has 0 atom stereocenters. The number of carbonyl (C=O) groups is 1. The lowest BCUT2D eigenvalue weighted by molar-refractivity contribution is -0.118. The Balaban J connectivity index is 1.71. The van der Waals surface area contributed by atoms with Crippen molar-refractivity contribution in [2.24, 2.45) is 0 Å². The van der Waals surface area contributed by atoms with Crippen LogP contribution in [0.4, 0.5) is 5.00 Å². The molecule has 1 N–H and O–H groups in total. The molecule has 1 amide bonds. The third-order valence-electron chi connectivity index (χ3n) is 3.44. The van der Waals surface area contributed by atoms with Gasteiger partial charge in [0.25, 0.3) is 5.91 Å². The normalized spacial score (nSPS) is 10.5. The van der Waals surface area contributed by atoms with Crippen molar-refractivity contribution in [2.45, 2.75) is 11.3 Å². The van der Waals surface area contributed by atoms with Crippen LogP contribution >= 0.6 is 23.1 Å². The highest BCUT2D eigenvalue weighted by atomic mass is 32.2. The first kappa shape index (κ1) is 17.5. The highest BCUT2D eigenvalue weighted by molar-refractivity contribution is 8.00. The van der Waals surface area contributed by atoms with Gasteiger partial charge in [0.05, 0.1) is 0 Å². The fourth-order valence-corrected chi connectivity index (χ4v) is 3.78. The van der Waals surface area contributed by atoms with Gasteiger partial charge >= 0.3 is 0 Å². The molecule has 0 unspecified atom stereocenters. The second kappa shape index (κ2) is 8.18. The molecular formula is C19H18N2O2S2. The number of amides is 1. The molecule has 128 valence electrons. The molecule has 4 nitrogen and oxygen atoms in total. The van der Waals surface area contributed by atoms with Crippen LogP contribution in [0.2, 0.25) is 0 Å². The Bertz CT molecular complexity index is 863. The Labute approximate surface area is 155 Å². The van der Waals surface area contributed by atoms with Gasteiger partial charge in [0, 0.05) is 5.56 Å². The van der Waals surface area contributed by atoms with Crippen LogP contribution < -0.4 is 10.1 Å². The molecule has 0 spiro atoms. The summed E-state index contributed by atoms with van der Waals surface area (Å²) in [6.07, 6.45) is 1.97. The average Bonchev–Trinajstić information content (AvgIpc) is 3.04. The van der Waals surface area contributed by atoms with Gasteiger partial charge in [-0.15, -0.1) is 0 Å². The third kappa shape index (κ3) is 4.61. The zero-order valence-electron chi connectivity index (χ0n) is 14.0. The van der Waals surface area contributed by atoms with Gasteiger partial charge in [-0.2, -0.15) is 0 Å². The first-order valence-electron chi connectivity index (χ1n) is 7.75. The maximum atomic E-state index is 12.3. The molecule has 0 aliphatic heterocycles. The van der Waals surface area contributed by atoms with Crippen molar-refractivity contribution in [1.29, 1.82) is 0 Å². The van der Waals surface area contributed by atoms with E-state index >= 15 is 0 Å². The van der Waals surface area contributed by atoms with Gasteiger partial charge in [0.2, 0.25) is 0 Å². The van der Waals surface area contributed by atoms with Crippen molar-refractivity contribution in [3.63, 3.8) is 0 Å². The number of rotatable bonds is 6. The van der Waals surface area contributed by atoms with E-state index in [1.54, 1.807) is 11.8 Å². The number of nitrogens with one attached hydrogen (secondary N) is 1. The van der Waals surface area contributed by atoms with E-state index in [0.717, 1.165) is 26.2 Å². The number of benzene rings is 2. The number of anilines is 1. The fourth-order valence-electron chi connectivity index (χ4n) is 2.28. The molecule has 3 aromatic rings. The molecule has 0 saturated heterocycles. The van der Waals surface area contributed by atoms with Crippen molar-refractivity contribution < 1.29 is 9.53 Å². The summed E-state index contributed by atoms with van der Waals surface area (Å²) in [5.41, 5.74) is 2.86. The van der Waals surface area contributed by atoms with Gasteiger partial charge in [-0.3, -0.25) is 4.79 Å². The van der Waals surface area contributed by atoms with Gasteiger partial charge in [0.15, 0.2) is 10.9 Å². The molecule has 0 aliphatic rings. The lowest BCUT2D eigenvalue weighted by Crippen LogP contribution is -2.20. The number of aromatic nitrogens is 1. The monoisotopic (exact) mass is 370 g/mol. The van der Waals surface area contributed by atoms with Gasteiger partial charge < -0.3 is 10.1 Å². The van der Waals surface area contributed by atoms with Gasteiger partial charge in [-0.1, -0.05) is 65.6 Å². The molecule has 1 aromatic heterocycles. The van der Waals surface area contributed by atoms with Crippen LogP contribution in [0.3, 0.4) is 0 Å². The molecule has 0 aliphatic carbocycles. The van der Waals surface area contributed by atoms with E-state index in [1.165, 1.54) is 11.3 Å². The summed E-state index contributed by atoms with van der Waals surface area (Å²) in [5, 5.41) is 3.67. The SMILES string of the molecule is CSc1nc(-c2ccccc2)c(NC(=O)COc2cccc(C)c2)s1. The van der Waals surface area contributed by atoms with Gasteiger partial charge in [-0.05, 0) is 30.9 Å². The molecule has 0 saturated carbocycles. The van der Waals surface area contributed by atoms with Crippen LogP contribution in [0.25, 0.3) is 11.3 Å². The quantitative estimate of drug-likeness (QED) is 0.630. The second-order valence-electron chi connectivity index (χ2n) is 5.38. The number of carbonyl (C=O) groups excluding carboxylic acids is 1. The summed E-state index contributed by atoms with van der Waals surface area (Å²) >= 11 is 3.03. The highest BCUT2D eigenvalue weighted by Crippen LogP contribution is 2.36. The fraction of sp³-hybridized carbons (Fsp3) is 0.158. The van der Waals surface area contributed by atoms with E-state index < -0.39 is 0 Å². The largest absolute Gasteiger partial charge is 0.484 e. The third-order valence-corrected chi connectivity index (χ3v) is 5.40. The van der Waals surface area contributed by atoms with Crippen molar-refractivity contribution in [3.05, 3.63) is 60.2 Å². The van der Waals surface area contributed by atoms with Crippen LogP contribution in [-0.4, -0.2) is 23.8 Å². The molecule has 25 heavy (non-hydrogen) atoms. The Morgan fingerprint density at radius 1 is 1.20 bits per heavy atom. The Kier molecular flexibility index (Phi) is 5.73. The summed E-state index contributed by atoms with van der Waals surface area (Å²) in [6.45, 7) is 1.95. The molecule has 0 fully saturated rings. The van der Waals surface area contributed by atoms with E-state index in [1.807, 2.05) is 67.8 Å². The number of ether oxygens (including phenoxy) is 1. The van der Waals surface area contributed by atoms with E-state index in [4.69, 9.17) is 4.74 Å². The summed E-state index contributed by atoms with van der Waals surface area (Å²) in [5.74, 6) is 0.488. The van der Waals surface area contributed by atoms with E-state index in [0.29, 0.717) is 5.75 Å². The predicted octanol–water partition coefficient (Wildman–Crippen LogP) is 4.86. The zero-order chi connectivity index (χ0) is 17.6. The molecule has 0 radical (unpaired) electrons. The minimum absolute atomic E-state index is 0.0375. The van der Waals surface area contributed by atoms with Crippen LogP contribution in [-0.2, 0) is 4.79 Å². The predicted molar refractivity (Wildman–Crippen MR) is 105 cm³/mol. The maximum absolute atomic E-state index is 12.3. The van der Waals surface area contributed by atoms with Crippen molar-refractivity contribution in [1.82, 2.24) is 4.98 Å². The van der Waals surface area contributed by atoms with Crippen molar-refractivity contribution in [3.8, 4) is 17.0 Å². The van der Waals surface area contributed by atoms with Crippen LogP contribution in [0.5, 0.6) is 5.75 Å². The molecule has 3 rings (SSSR count).